The Balaban J connectivity index is 2.95. The summed E-state index contributed by atoms with van der Waals surface area (Å²) in [6, 6.07) is 5.82. The summed E-state index contributed by atoms with van der Waals surface area (Å²) in [7, 11) is 0. The van der Waals surface area contributed by atoms with Gasteiger partial charge in [-0.3, -0.25) is 4.79 Å². The Hall–Kier alpha value is -0.940. The molecule has 19 heavy (non-hydrogen) atoms. The first-order valence-electron chi connectivity index (χ1n) is 6.17. The molecule has 0 aliphatic heterocycles. The van der Waals surface area contributed by atoms with Gasteiger partial charge in [-0.25, -0.2) is 0 Å². The van der Waals surface area contributed by atoms with E-state index in [0.29, 0.717) is 23.5 Å². The number of carbonyl (C=O) groups is 1. The van der Waals surface area contributed by atoms with Crippen molar-refractivity contribution in [2.75, 3.05) is 6.54 Å². The minimum Gasteiger partial charge on any atom is -0.393 e. The average Bonchev–Trinajstić information content (AvgIpc) is 2.26. The van der Waals surface area contributed by atoms with E-state index in [9.17, 15) is 4.79 Å². The third-order valence-electron chi connectivity index (χ3n) is 2.77. The van der Waals surface area contributed by atoms with Crippen LogP contribution in [0.15, 0.2) is 22.7 Å². The van der Waals surface area contributed by atoms with Crippen LogP contribution < -0.4 is 5.73 Å². The number of thiocarbonyl (C=S) groups is 1. The number of carbonyl (C=O) groups excluding carboxylic acids is 1. The lowest BCUT2D eigenvalue weighted by atomic mass is 10.1. The van der Waals surface area contributed by atoms with Crippen LogP contribution in [0.4, 0.5) is 0 Å². The molecule has 1 rings (SSSR count). The third-order valence-corrected chi connectivity index (χ3v) is 3.43. The van der Waals surface area contributed by atoms with E-state index in [0.717, 1.165) is 10.0 Å². The van der Waals surface area contributed by atoms with Crippen molar-refractivity contribution >= 4 is 39.0 Å². The molecule has 0 atom stereocenters. The zero-order valence-corrected chi connectivity index (χ0v) is 13.8. The Bertz CT molecular complexity index is 468. The number of rotatable bonds is 5. The molecule has 0 aliphatic rings. The van der Waals surface area contributed by atoms with Crippen LogP contribution in [-0.4, -0.2) is 28.4 Å². The molecular weight excluding hydrogens is 324 g/mol. The van der Waals surface area contributed by atoms with E-state index in [2.05, 4.69) is 15.9 Å². The Labute approximate surface area is 128 Å². The normalized spacial score (nSPS) is 10.6. The molecule has 1 aromatic carbocycles. The summed E-state index contributed by atoms with van der Waals surface area (Å²) in [6.07, 6.45) is 0.548. The first kappa shape index (κ1) is 16.1. The minimum absolute atomic E-state index is 0.00986. The van der Waals surface area contributed by atoms with Crippen LogP contribution in [0.5, 0.6) is 0 Å². The molecule has 3 nitrogen and oxygen atoms in total. The van der Waals surface area contributed by atoms with E-state index in [1.165, 1.54) is 0 Å². The zero-order chi connectivity index (χ0) is 14.6. The molecule has 1 aromatic rings. The monoisotopic (exact) mass is 342 g/mol. The lowest BCUT2D eigenvalue weighted by Gasteiger charge is -2.27. The molecular formula is C14H19BrN2OS. The molecule has 0 aromatic heterocycles. The maximum absolute atomic E-state index is 12.5. The standard InChI is InChI=1S/C14H19BrN2OS/c1-9(2)17(5-4-13(16)19)14(18)11-6-10(3)7-12(15)8-11/h6-9H,4-5H2,1-3H3,(H2,16,19). The highest BCUT2D eigenvalue weighted by Gasteiger charge is 2.19. The van der Waals surface area contributed by atoms with Crippen molar-refractivity contribution in [1.82, 2.24) is 4.90 Å². The van der Waals surface area contributed by atoms with Gasteiger partial charge in [0.1, 0.15) is 0 Å². The number of benzene rings is 1. The summed E-state index contributed by atoms with van der Waals surface area (Å²) in [4.78, 5) is 14.8. The molecule has 104 valence electrons. The lowest BCUT2D eigenvalue weighted by molar-refractivity contribution is 0.0711. The van der Waals surface area contributed by atoms with Gasteiger partial charge in [0, 0.05) is 29.0 Å². The zero-order valence-electron chi connectivity index (χ0n) is 11.4. The number of amides is 1. The maximum atomic E-state index is 12.5. The smallest absolute Gasteiger partial charge is 0.254 e. The number of hydrogen-bond donors (Lipinski definition) is 1. The molecule has 0 heterocycles. The van der Waals surface area contributed by atoms with Crippen LogP contribution in [0.3, 0.4) is 0 Å². The summed E-state index contributed by atoms with van der Waals surface area (Å²) < 4.78 is 0.911. The molecule has 5 heteroatoms. The molecule has 0 spiro atoms. The van der Waals surface area contributed by atoms with E-state index < -0.39 is 0 Å². The van der Waals surface area contributed by atoms with Crippen molar-refractivity contribution in [1.29, 1.82) is 0 Å². The van der Waals surface area contributed by atoms with Crippen molar-refractivity contribution in [2.24, 2.45) is 5.73 Å². The molecule has 2 N–H and O–H groups in total. The first-order chi connectivity index (χ1) is 8.81. The number of aryl methyl sites for hydroxylation is 1. The highest BCUT2D eigenvalue weighted by atomic mass is 79.9. The highest BCUT2D eigenvalue weighted by molar-refractivity contribution is 9.10. The van der Waals surface area contributed by atoms with Gasteiger partial charge < -0.3 is 10.6 Å². The van der Waals surface area contributed by atoms with E-state index >= 15 is 0 Å². The number of hydrogen-bond acceptors (Lipinski definition) is 2. The molecule has 0 aliphatic carbocycles. The predicted molar refractivity (Wildman–Crippen MR) is 86.5 cm³/mol. The Morgan fingerprint density at radius 1 is 1.42 bits per heavy atom. The predicted octanol–water partition coefficient (Wildman–Crippen LogP) is 3.28. The Morgan fingerprint density at radius 2 is 2.05 bits per heavy atom. The van der Waals surface area contributed by atoms with Gasteiger partial charge in [-0.2, -0.15) is 0 Å². The summed E-state index contributed by atoms with van der Waals surface area (Å²) >= 11 is 8.30. The summed E-state index contributed by atoms with van der Waals surface area (Å²) in [6.45, 7) is 6.50. The quantitative estimate of drug-likeness (QED) is 0.835. The van der Waals surface area contributed by atoms with Crippen LogP contribution in [-0.2, 0) is 0 Å². The molecule has 1 amide bonds. The van der Waals surface area contributed by atoms with Crippen molar-refractivity contribution in [2.45, 2.75) is 33.2 Å². The van der Waals surface area contributed by atoms with Crippen molar-refractivity contribution < 1.29 is 4.79 Å². The molecule has 0 saturated carbocycles. The molecule has 0 radical (unpaired) electrons. The number of nitrogens with zero attached hydrogens (tertiary/aromatic N) is 1. The number of halogens is 1. The molecule has 0 fully saturated rings. The van der Waals surface area contributed by atoms with Crippen molar-refractivity contribution in [3.63, 3.8) is 0 Å². The van der Waals surface area contributed by atoms with Crippen molar-refractivity contribution in [3.8, 4) is 0 Å². The third kappa shape index (κ3) is 4.91. The molecule has 0 bridgehead atoms. The largest absolute Gasteiger partial charge is 0.393 e. The van der Waals surface area contributed by atoms with Crippen LogP contribution >= 0.6 is 28.1 Å². The second-order valence-electron chi connectivity index (χ2n) is 4.83. The summed E-state index contributed by atoms with van der Waals surface area (Å²) in [5.74, 6) is 0.00986. The van der Waals surface area contributed by atoms with E-state index in [1.54, 1.807) is 4.90 Å². The Kier molecular flexibility index (Phi) is 5.94. The van der Waals surface area contributed by atoms with E-state index in [-0.39, 0.29) is 11.9 Å². The second kappa shape index (κ2) is 7.01. The fourth-order valence-electron chi connectivity index (χ4n) is 1.85. The molecule has 0 saturated heterocycles. The van der Waals surface area contributed by atoms with Gasteiger partial charge in [0.2, 0.25) is 0 Å². The summed E-state index contributed by atoms with van der Waals surface area (Å²) in [5, 5.41) is 0. The summed E-state index contributed by atoms with van der Waals surface area (Å²) in [5.41, 5.74) is 7.25. The first-order valence-corrected chi connectivity index (χ1v) is 7.38. The van der Waals surface area contributed by atoms with E-state index in [1.807, 2.05) is 39.0 Å². The van der Waals surface area contributed by atoms with Crippen molar-refractivity contribution in [3.05, 3.63) is 33.8 Å². The topological polar surface area (TPSA) is 46.3 Å². The van der Waals surface area contributed by atoms with Gasteiger partial charge in [-0.15, -0.1) is 0 Å². The van der Waals surface area contributed by atoms with Crippen LogP contribution in [0.1, 0.15) is 36.2 Å². The fourth-order valence-corrected chi connectivity index (χ4v) is 2.55. The van der Waals surface area contributed by atoms with Gasteiger partial charge in [0.15, 0.2) is 0 Å². The fraction of sp³-hybridized carbons (Fsp3) is 0.429. The second-order valence-corrected chi connectivity index (χ2v) is 6.27. The maximum Gasteiger partial charge on any atom is 0.254 e. The minimum atomic E-state index is 0.00986. The van der Waals surface area contributed by atoms with Gasteiger partial charge >= 0.3 is 0 Å². The highest BCUT2D eigenvalue weighted by Crippen LogP contribution is 2.18. The Morgan fingerprint density at radius 3 is 2.53 bits per heavy atom. The van der Waals surface area contributed by atoms with Gasteiger partial charge in [0.05, 0.1) is 4.99 Å². The molecule has 0 unspecified atom stereocenters. The lowest BCUT2D eigenvalue weighted by Crippen LogP contribution is -2.39. The SMILES string of the molecule is Cc1cc(Br)cc(C(=O)N(CCC(N)=S)C(C)C)c1. The number of nitrogens with two attached hydrogens (primary N) is 1. The van der Waals surface area contributed by atoms with Crippen LogP contribution in [0.2, 0.25) is 0 Å². The van der Waals surface area contributed by atoms with Gasteiger partial charge in [0.25, 0.3) is 5.91 Å². The van der Waals surface area contributed by atoms with Gasteiger partial charge in [-0.1, -0.05) is 28.1 Å². The average molecular weight is 343 g/mol. The van der Waals surface area contributed by atoms with E-state index in [4.69, 9.17) is 18.0 Å². The van der Waals surface area contributed by atoms with Crippen LogP contribution in [0.25, 0.3) is 0 Å². The van der Waals surface area contributed by atoms with Gasteiger partial charge in [-0.05, 0) is 44.5 Å². The van der Waals surface area contributed by atoms with Crippen LogP contribution in [0, 0.1) is 6.92 Å².